The second kappa shape index (κ2) is 6.55. The number of hydrogen-bond acceptors (Lipinski definition) is 5. The van der Waals surface area contributed by atoms with Crippen LogP contribution in [0.1, 0.15) is 16.1 Å². The number of carbonyl (C=O) groups is 1. The monoisotopic (exact) mass is 392 g/mol. The van der Waals surface area contributed by atoms with E-state index in [1.165, 1.54) is 11.3 Å². The lowest BCUT2D eigenvalue weighted by Crippen LogP contribution is -2.12. The van der Waals surface area contributed by atoms with Crippen LogP contribution in [0.25, 0.3) is 11.5 Å². The van der Waals surface area contributed by atoms with Gasteiger partial charge in [0.1, 0.15) is 17.2 Å². The Kier molecular flexibility index (Phi) is 4.49. The van der Waals surface area contributed by atoms with E-state index in [4.69, 9.17) is 9.15 Å². The van der Waals surface area contributed by atoms with Gasteiger partial charge in [0.05, 0.1) is 12.7 Å². The first-order valence-electron chi connectivity index (χ1n) is 6.74. The van der Waals surface area contributed by atoms with Crippen LogP contribution >= 0.6 is 27.3 Å². The van der Waals surface area contributed by atoms with Gasteiger partial charge in [0.25, 0.3) is 5.91 Å². The number of benzene rings is 1. The van der Waals surface area contributed by atoms with Gasteiger partial charge in [-0.3, -0.25) is 10.1 Å². The molecule has 2 heterocycles. The highest BCUT2D eigenvalue weighted by atomic mass is 79.9. The number of nitrogens with one attached hydrogen (secondary N) is 1. The summed E-state index contributed by atoms with van der Waals surface area (Å²) in [6.07, 6.45) is 0. The Morgan fingerprint density at radius 2 is 2.17 bits per heavy atom. The Hall–Kier alpha value is -2.12. The third-order valence-corrected chi connectivity index (χ3v) is 4.58. The quantitative estimate of drug-likeness (QED) is 0.696. The zero-order valence-corrected chi connectivity index (χ0v) is 14.8. The summed E-state index contributed by atoms with van der Waals surface area (Å²) >= 11 is 4.71. The smallest absolute Gasteiger partial charge is 0.258 e. The topological polar surface area (TPSA) is 64.4 Å². The highest BCUT2D eigenvalue weighted by Gasteiger charge is 2.14. The molecule has 1 amide bonds. The van der Waals surface area contributed by atoms with Gasteiger partial charge in [-0.05, 0) is 53.2 Å². The largest absolute Gasteiger partial charge is 0.497 e. The van der Waals surface area contributed by atoms with Crippen LogP contribution in [0, 0.1) is 6.92 Å². The summed E-state index contributed by atoms with van der Waals surface area (Å²) in [4.78, 5) is 16.8. The highest BCUT2D eigenvalue weighted by molar-refractivity contribution is 9.10. The molecule has 0 aliphatic carbocycles. The number of ether oxygens (including phenoxy) is 1. The van der Waals surface area contributed by atoms with Crippen molar-refractivity contribution in [3.8, 4) is 17.2 Å². The van der Waals surface area contributed by atoms with Gasteiger partial charge in [-0.2, -0.15) is 0 Å². The minimum atomic E-state index is -0.257. The summed E-state index contributed by atoms with van der Waals surface area (Å²) in [5.41, 5.74) is 1.18. The number of anilines is 1. The van der Waals surface area contributed by atoms with Crippen LogP contribution in [0.4, 0.5) is 5.13 Å². The summed E-state index contributed by atoms with van der Waals surface area (Å²) in [5, 5.41) is 5.14. The van der Waals surface area contributed by atoms with Gasteiger partial charge < -0.3 is 9.15 Å². The molecule has 23 heavy (non-hydrogen) atoms. The fourth-order valence-electron chi connectivity index (χ4n) is 1.99. The van der Waals surface area contributed by atoms with E-state index in [2.05, 4.69) is 26.2 Å². The number of halogens is 1. The lowest BCUT2D eigenvalue weighted by Gasteiger charge is -2.06. The summed E-state index contributed by atoms with van der Waals surface area (Å²) in [6, 6.07) is 8.95. The van der Waals surface area contributed by atoms with Crippen molar-refractivity contribution in [2.24, 2.45) is 0 Å². The molecule has 1 N–H and O–H groups in total. The van der Waals surface area contributed by atoms with Gasteiger partial charge in [-0.1, -0.05) is 0 Å². The number of aromatic nitrogens is 1. The normalized spacial score (nSPS) is 10.6. The molecule has 0 unspecified atom stereocenters. The Balaban J connectivity index is 1.80. The van der Waals surface area contributed by atoms with E-state index in [0.717, 1.165) is 5.76 Å². The molecule has 0 atom stereocenters. The molecular formula is C16H13BrN2O3S. The van der Waals surface area contributed by atoms with Crippen molar-refractivity contribution in [1.29, 1.82) is 0 Å². The molecule has 3 aromatic rings. The van der Waals surface area contributed by atoms with Crippen molar-refractivity contribution < 1.29 is 13.9 Å². The minimum Gasteiger partial charge on any atom is -0.497 e. The molecule has 0 spiro atoms. The van der Waals surface area contributed by atoms with Crippen LogP contribution in [0.2, 0.25) is 0 Å². The second-order valence-corrected chi connectivity index (χ2v) is 6.46. The molecule has 1 aromatic carbocycles. The minimum absolute atomic E-state index is 0.257. The SMILES string of the molecule is COc1ccc(Br)c(C(=O)Nc2nc(-c3ccc(C)o3)cs2)c1. The Morgan fingerprint density at radius 1 is 1.35 bits per heavy atom. The summed E-state index contributed by atoms with van der Waals surface area (Å²) in [5.74, 6) is 1.86. The standard InChI is InChI=1S/C16H13BrN2O3S/c1-9-3-6-14(22-9)13-8-23-16(18-13)19-15(20)11-7-10(21-2)4-5-12(11)17/h3-8H,1-2H3,(H,18,19,20). The Morgan fingerprint density at radius 3 is 2.87 bits per heavy atom. The molecule has 3 rings (SSSR count). The van der Waals surface area contributed by atoms with E-state index in [9.17, 15) is 4.79 Å². The zero-order chi connectivity index (χ0) is 16.4. The van der Waals surface area contributed by atoms with Crippen LogP contribution in [-0.2, 0) is 0 Å². The molecule has 5 nitrogen and oxygen atoms in total. The van der Waals surface area contributed by atoms with Crippen molar-refractivity contribution in [2.45, 2.75) is 6.92 Å². The van der Waals surface area contributed by atoms with E-state index in [1.54, 1.807) is 25.3 Å². The van der Waals surface area contributed by atoms with Crippen LogP contribution < -0.4 is 10.1 Å². The average Bonchev–Trinajstić information content (AvgIpc) is 3.16. The number of furan rings is 1. The number of carbonyl (C=O) groups excluding carboxylic acids is 1. The molecule has 0 aliphatic rings. The zero-order valence-electron chi connectivity index (χ0n) is 12.4. The van der Waals surface area contributed by atoms with Gasteiger partial charge in [-0.25, -0.2) is 4.98 Å². The first-order valence-corrected chi connectivity index (χ1v) is 8.41. The van der Waals surface area contributed by atoms with Crippen molar-refractivity contribution >= 4 is 38.3 Å². The van der Waals surface area contributed by atoms with Gasteiger partial charge in [0.2, 0.25) is 0 Å². The number of nitrogens with zero attached hydrogens (tertiary/aromatic N) is 1. The van der Waals surface area contributed by atoms with Crippen LogP contribution in [-0.4, -0.2) is 18.0 Å². The summed E-state index contributed by atoms with van der Waals surface area (Å²) < 4.78 is 11.4. The number of aryl methyl sites for hydroxylation is 1. The Bertz CT molecular complexity index is 857. The van der Waals surface area contributed by atoms with E-state index >= 15 is 0 Å². The van der Waals surface area contributed by atoms with Crippen LogP contribution in [0.3, 0.4) is 0 Å². The number of hydrogen-bond donors (Lipinski definition) is 1. The van der Waals surface area contributed by atoms with Crippen molar-refractivity contribution in [3.63, 3.8) is 0 Å². The molecule has 0 aliphatic heterocycles. The lowest BCUT2D eigenvalue weighted by atomic mass is 10.2. The maximum absolute atomic E-state index is 12.4. The first-order chi connectivity index (χ1) is 11.1. The van der Waals surface area contributed by atoms with Gasteiger partial charge in [0, 0.05) is 9.85 Å². The maximum Gasteiger partial charge on any atom is 0.258 e. The molecule has 7 heteroatoms. The third kappa shape index (κ3) is 3.46. The molecule has 0 fully saturated rings. The highest BCUT2D eigenvalue weighted by Crippen LogP contribution is 2.28. The predicted octanol–water partition coefficient (Wildman–Crippen LogP) is 4.73. The van der Waals surface area contributed by atoms with Crippen molar-refractivity contribution in [3.05, 3.63) is 51.5 Å². The van der Waals surface area contributed by atoms with Crippen LogP contribution in [0.15, 0.2) is 44.6 Å². The molecule has 2 aromatic heterocycles. The number of methoxy groups -OCH3 is 1. The molecule has 0 saturated heterocycles. The fourth-order valence-corrected chi connectivity index (χ4v) is 3.11. The molecule has 118 valence electrons. The predicted molar refractivity (Wildman–Crippen MR) is 93.2 cm³/mol. The first kappa shape index (κ1) is 15.8. The maximum atomic E-state index is 12.4. The van der Waals surface area contributed by atoms with E-state index in [-0.39, 0.29) is 5.91 Å². The van der Waals surface area contributed by atoms with E-state index in [1.807, 2.05) is 24.4 Å². The van der Waals surface area contributed by atoms with Crippen molar-refractivity contribution in [2.75, 3.05) is 12.4 Å². The number of thiazole rings is 1. The number of amides is 1. The molecule has 0 saturated carbocycles. The fraction of sp³-hybridized carbons (Fsp3) is 0.125. The molecule has 0 radical (unpaired) electrons. The van der Waals surface area contributed by atoms with Gasteiger partial charge >= 0.3 is 0 Å². The lowest BCUT2D eigenvalue weighted by molar-refractivity contribution is 0.102. The van der Waals surface area contributed by atoms with E-state index in [0.29, 0.717) is 32.4 Å². The second-order valence-electron chi connectivity index (χ2n) is 4.75. The van der Waals surface area contributed by atoms with Crippen LogP contribution in [0.5, 0.6) is 5.75 Å². The van der Waals surface area contributed by atoms with Crippen molar-refractivity contribution in [1.82, 2.24) is 4.98 Å². The summed E-state index contributed by atoms with van der Waals surface area (Å²) in [6.45, 7) is 1.87. The summed E-state index contributed by atoms with van der Waals surface area (Å²) in [7, 11) is 1.56. The number of rotatable bonds is 4. The molecule has 0 bridgehead atoms. The third-order valence-electron chi connectivity index (χ3n) is 3.14. The molecular weight excluding hydrogens is 380 g/mol. The Labute approximate surface area is 145 Å². The van der Waals surface area contributed by atoms with Gasteiger partial charge in [0.15, 0.2) is 10.9 Å². The van der Waals surface area contributed by atoms with Gasteiger partial charge in [-0.15, -0.1) is 11.3 Å². The average molecular weight is 393 g/mol. The van der Waals surface area contributed by atoms with E-state index < -0.39 is 0 Å².